The van der Waals surface area contributed by atoms with Gasteiger partial charge in [0.05, 0.1) is 19.6 Å². The Morgan fingerprint density at radius 1 is 1.21 bits per heavy atom. The van der Waals surface area contributed by atoms with Crippen LogP contribution < -0.4 is 4.74 Å². The first-order valence-electron chi connectivity index (χ1n) is 11.1. The first-order valence-corrected chi connectivity index (χ1v) is 11.1. The number of likely N-dealkylation sites (tertiary alicyclic amines) is 1. The van der Waals surface area contributed by atoms with E-state index in [-0.39, 0.29) is 42.3 Å². The van der Waals surface area contributed by atoms with Gasteiger partial charge in [-0.3, -0.25) is 9.59 Å². The Bertz CT molecular complexity index is 789. The zero-order valence-corrected chi connectivity index (χ0v) is 17.9. The van der Waals surface area contributed by atoms with Gasteiger partial charge in [-0.05, 0) is 68.7 Å². The SMILES string of the molecule is COc1ccc2c(c1)[C@]13CCCC[C@@H]1[C@H](C2)N(C(=O)CCC(=O)OC(C)C)CC3. The topological polar surface area (TPSA) is 55.8 Å². The number of amides is 1. The summed E-state index contributed by atoms with van der Waals surface area (Å²) in [6, 6.07) is 6.74. The lowest BCUT2D eigenvalue weighted by Gasteiger charge is -2.59. The van der Waals surface area contributed by atoms with Crippen molar-refractivity contribution in [3.63, 3.8) is 0 Å². The molecule has 4 rings (SSSR count). The second-order valence-corrected chi connectivity index (χ2v) is 9.18. The smallest absolute Gasteiger partial charge is 0.306 e. The van der Waals surface area contributed by atoms with E-state index in [4.69, 9.17) is 9.47 Å². The van der Waals surface area contributed by atoms with E-state index in [1.165, 1.54) is 36.8 Å². The molecule has 0 N–H and O–H groups in total. The Morgan fingerprint density at radius 3 is 2.79 bits per heavy atom. The summed E-state index contributed by atoms with van der Waals surface area (Å²) in [4.78, 5) is 27.1. The summed E-state index contributed by atoms with van der Waals surface area (Å²) in [5.74, 6) is 1.27. The molecule has 158 valence electrons. The highest BCUT2D eigenvalue weighted by atomic mass is 16.5. The molecule has 0 aromatic heterocycles. The molecule has 2 fully saturated rings. The molecule has 1 aromatic rings. The van der Waals surface area contributed by atoms with Gasteiger partial charge in [0.25, 0.3) is 0 Å². The highest BCUT2D eigenvalue weighted by molar-refractivity contribution is 5.82. The molecule has 0 unspecified atom stereocenters. The van der Waals surface area contributed by atoms with E-state index in [1.807, 2.05) is 19.9 Å². The van der Waals surface area contributed by atoms with Gasteiger partial charge in [0, 0.05) is 24.4 Å². The maximum Gasteiger partial charge on any atom is 0.306 e. The van der Waals surface area contributed by atoms with Gasteiger partial charge in [-0.15, -0.1) is 0 Å². The van der Waals surface area contributed by atoms with Gasteiger partial charge < -0.3 is 14.4 Å². The van der Waals surface area contributed by atoms with Crippen molar-refractivity contribution in [1.82, 2.24) is 4.90 Å². The number of hydrogen-bond acceptors (Lipinski definition) is 4. The van der Waals surface area contributed by atoms with Crippen molar-refractivity contribution in [3.8, 4) is 5.75 Å². The maximum absolute atomic E-state index is 13.1. The van der Waals surface area contributed by atoms with Crippen molar-refractivity contribution in [3.05, 3.63) is 29.3 Å². The second-order valence-electron chi connectivity index (χ2n) is 9.18. The van der Waals surface area contributed by atoms with Crippen LogP contribution in [0.2, 0.25) is 0 Å². The molecule has 1 saturated carbocycles. The van der Waals surface area contributed by atoms with E-state index >= 15 is 0 Å². The van der Waals surface area contributed by atoms with Crippen LogP contribution in [0.15, 0.2) is 18.2 Å². The second kappa shape index (κ2) is 8.00. The van der Waals surface area contributed by atoms with Crippen molar-refractivity contribution < 1.29 is 19.1 Å². The van der Waals surface area contributed by atoms with Crippen molar-refractivity contribution in [1.29, 1.82) is 0 Å². The van der Waals surface area contributed by atoms with Gasteiger partial charge in [-0.25, -0.2) is 0 Å². The predicted molar refractivity (Wildman–Crippen MR) is 111 cm³/mol. The predicted octanol–water partition coefficient (Wildman–Crippen LogP) is 4.01. The number of piperidine rings is 1. The van der Waals surface area contributed by atoms with Crippen LogP contribution in [0.1, 0.15) is 69.9 Å². The lowest BCUT2D eigenvalue weighted by molar-refractivity contribution is -0.151. The number of methoxy groups -OCH3 is 1. The van der Waals surface area contributed by atoms with E-state index in [0.29, 0.717) is 5.92 Å². The number of nitrogens with zero attached hydrogens (tertiary/aromatic N) is 1. The molecule has 3 aliphatic rings. The quantitative estimate of drug-likeness (QED) is 0.702. The molecule has 1 amide bonds. The minimum atomic E-state index is -0.279. The zero-order valence-electron chi connectivity index (χ0n) is 17.9. The van der Waals surface area contributed by atoms with E-state index in [1.54, 1.807) is 7.11 Å². The summed E-state index contributed by atoms with van der Waals surface area (Å²) < 4.78 is 10.7. The number of esters is 1. The highest BCUT2D eigenvalue weighted by Gasteiger charge is 2.54. The van der Waals surface area contributed by atoms with Crippen LogP contribution in [0.4, 0.5) is 0 Å². The van der Waals surface area contributed by atoms with Crippen molar-refractivity contribution in [2.24, 2.45) is 5.92 Å². The number of benzene rings is 1. The fourth-order valence-corrected chi connectivity index (χ4v) is 6.10. The average molecular weight is 400 g/mol. The molecule has 1 heterocycles. The molecule has 1 aromatic carbocycles. The van der Waals surface area contributed by atoms with Crippen LogP contribution >= 0.6 is 0 Å². The molecular formula is C24H33NO4. The van der Waals surface area contributed by atoms with Gasteiger partial charge in [-0.2, -0.15) is 0 Å². The van der Waals surface area contributed by atoms with Crippen LogP contribution in [-0.2, 0) is 26.2 Å². The lowest BCUT2D eigenvalue weighted by atomic mass is 9.52. The summed E-state index contributed by atoms with van der Waals surface area (Å²) in [6.07, 6.45) is 7.09. The molecule has 0 radical (unpaired) electrons. The summed E-state index contributed by atoms with van der Waals surface area (Å²) in [7, 11) is 1.73. The first-order chi connectivity index (χ1) is 13.9. The number of rotatable bonds is 5. The molecule has 0 spiro atoms. The molecule has 1 aliphatic heterocycles. The van der Waals surface area contributed by atoms with Gasteiger partial charge in [0.1, 0.15) is 5.75 Å². The van der Waals surface area contributed by atoms with E-state index in [2.05, 4.69) is 17.0 Å². The van der Waals surface area contributed by atoms with Gasteiger partial charge in [0.2, 0.25) is 5.91 Å². The van der Waals surface area contributed by atoms with Gasteiger partial charge in [-0.1, -0.05) is 18.9 Å². The number of fused-ring (bicyclic) bond motifs is 1. The molecule has 1 saturated heterocycles. The Hall–Kier alpha value is -2.04. The van der Waals surface area contributed by atoms with Gasteiger partial charge in [0.15, 0.2) is 0 Å². The van der Waals surface area contributed by atoms with Crippen molar-refractivity contribution in [2.75, 3.05) is 13.7 Å². The number of carbonyl (C=O) groups excluding carboxylic acids is 2. The standard InChI is InChI=1S/C24H33NO4/c1-16(2)29-23(27)10-9-22(26)25-13-12-24-11-5-4-6-19(24)21(25)14-17-7-8-18(28-3)15-20(17)24/h7-8,15-16,19,21H,4-6,9-14H2,1-3H3/t19-,21+,24+/m1/s1. The third kappa shape index (κ3) is 3.64. The normalized spacial score (nSPS) is 27.8. The monoisotopic (exact) mass is 399 g/mol. The zero-order chi connectivity index (χ0) is 20.6. The molecule has 3 atom stereocenters. The largest absolute Gasteiger partial charge is 0.497 e. The third-order valence-corrected chi connectivity index (χ3v) is 7.27. The summed E-state index contributed by atoms with van der Waals surface area (Å²) >= 11 is 0. The Balaban J connectivity index is 1.56. The average Bonchev–Trinajstić information content (AvgIpc) is 2.71. The minimum absolute atomic E-state index is 0.104. The van der Waals surface area contributed by atoms with Crippen LogP contribution in [0, 0.1) is 5.92 Å². The van der Waals surface area contributed by atoms with Crippen molar-refractivity contribution in [2.45, 2.75) is 82.8 Å². The van der Waals surface area contributed by atoms with E-state index in [9.17, 15) is 9.59 Å². The summed E-state index contributed by atoms with van der Waals surface area (Å²) in [5, 5.41) is 0. The van der Waals surface area contributed by atoms with Crippen molar-refractivity contribution >= 4 is 11.9 Å². The molecule has 5 nitrogen and oxygen atoms in total. The van der Waals surface area contributed by atoms with Crippen LogP contribution in [0.25, 0.3) is 0 Å². The van der Waals surface area contributed by atoms with E-state index < -0.39 is 0 Å². The fraction of sp³-hybridized carbons (Fsp3) is 0.667. The maximum atomic E-state index is 13.1. The number of hydrogen-bond donors (Lipinski definition) is 0. The minimum Gasteiger partial charge on any atom is -0.497 e. The Morgan fingerprint density at radius 2 is 2.03 bits per heavy atom. The molecule has 2 bridgehead atoms. The molecule has 2 aliphatic carbocycles. The lowest BCUT2D eigenvalue weighted by Crippen LogP contribution is -2.62. The number of ether oxygens (including phenoxy) is 2. The van der Waals surface area contributed by atoms with Crippen LogP contribution in [0.5, 0.6) is 5.75 Å². The first kappa shape index (κ1) is 20.2. The van der Waals surface area contributed by atoms with E-state index in [0.717, 1.165) is 25.1 Å². The van der Waals surface area contributed by atoms with Gasteiger partial charge >= 0.3 is 5.97 Å². The molecule has 5 heteroatoms. The Labute approximate surface area is 173 Å². The van der Waals surface area contributed by atoms with Crippen LogP contribution in [0.3, 0.4) is 0 Å². The summed E-state index contributed by atoms with van der Waals surface area (Å²) in [5.41, 5.74) is 3.01. The summed E-state index contributed by atoms with van der Waals surface area (Å²) in [6.45, 7) is 4.46. The Kier molecular flexibility index (Phi) is 5.58. The highest BCUT2D eigenvalue weighted by Crippen LogP contribution is 2.56. The fourth-order valence-electron chi connectivity index (χ4n) is 6.10. The van der Waals surface area contributed by atoms with Crippen LogP contribution in [-0.4, -0.2) is 42.6 Å². The third-order valence-electron chi connectivity index (χ3n) is 7.27. The molecule has 29 heavy (non-hydrogen) atoms. The molecular weight excluding hydrogens is 366 g/mol. The number of carbonyl (C=O) groups is 2.